The molecular weight excluding hydrogens is 287 g/mol. The molecule has 1 rings (SSSR count). The lowest BCUT2D eigenvalue weighted by Gasteiger charge is -2.15. The number of rotatable bonds is 4. The largest absolute Gasteiger partial charge is 0.469 e. The average molecular weight is 298 g/mol. The number of hydrogen-bond donors (Lipinski definition) is 1. The molecule has 0 saturated carbocycles. The van der Waals surface area contributed by atoms with Gasteiger partial charge < -0.3 is 10.5 Å². The summed E-state index contributed by atoms with van der Waals surface area (Å²) in [7, 11) is 0.970. The first-order valence-electron chi connectivity index (χ1n) is 5.35. The van der Waals surface area contributed by atoms with Gasteiger partial charge in [-0.05, 0) is 11.6 Å². The third-order valence-corrected chi connectivity index (χ3v) is 2.49. The van der Waals surface area contributed by atoms with Gasteiger partial charge in [-0.15, -0.1) is 0 Å². The molecule has 0 saturated heterocycles. The van der Waals surface area contributed by atoms with Gasteiger partial charge in [-0.2, -0.15) is 13.2 Å². The number of aromatic nitrogens is 1. The Balaban J connectivity index is 3.44. The molecule has 0 atom stereocenters. The van der Waals surface area contributed by atoms with E-state index in [0.29, 0.717) is 6.07 Å². The Morgan fingerprint density at radius 1 is 1.45 bits per heavy atom. The molecule has 0 spiro atoms. The van der Waals surface area contributed by atoms with Crippen molar-refractivity contribution in [1.29, 1.82) is 0 Å². The first-order chi connectivity index (χ1) is 9.20. The zero-order chi connectivity index (χ0) is 15.5. The fourth-order valence-corrected chi connectivity index (χ4v) is 1.55. The fourth-order valence-electron chi connectivity index (χ4n) is 1.55. The third-order valence-electron chi connectivity index (χ3n) is 2.49. The SMILES string of the molecule is COC(=O)Cc1nc(C(F)F)c(CN)cc1C(F)(F)F. The number of methoxy groups -OCH3 is 1. The zero-order valence-corrected chi connectivity index (χ0v) is 10.3. The molecule has 2 N–H and O–H groups in total. The van der Waals surface area contributed by atoms with E-state index >= 15 is 0 Å². The minimum atomic E-state index is -4.83. The predicted molar refractivity (Wildman–Crippen MR) is 57.8 cm³/mol. The molecule has 1 heterocycles. The van der Waals surface area contributed by atoms with Gasteiger partial charge in [0.2, 0.25) is 0 Å². The molecule has 0 radical (unpaired) electrons. The van der Waals surface area contributed by atoms with Crippen LogP contribution in [0.2, 0.25) is 0 Å². The molecule has 0 aromatic carbocycles. The third kappa shape index (κ3) is 3.62. The summed E-state index contributed by atoms with van der Waals surface area (Å²) < 4.78 is 68.2. The molecule has 4 nitrogen and oxygen atoms in total. The number of hydrogen-bond acceptors (Lipinski definition) is 4. The van der Waals surface area contributed by atoms with E-state index in [1.54, 1.807) is 0 Å². The number of alkyl halides is 5. The summed E-state index contributed by atoms with van der Waals surface area (Å²) in [6.07, 6.45) is -8.77. The second-order valence-corrected chi connectivity index (χ2v) is 3.78. The second-order valence-electron chi connectivity index (χ2n) is 3.78. The Bertz CT molecular complexity index is 502. The standard InChI is InChI=1S/C11H11F5N2O2/c1-20-8(19)3-7-6(11(14,15)16)2-5(4-17)9(18-7)10(12)13/h2,10H,3-4,17H2,1H3. The number of esters is 1. The highest BCUT2D eigenvalue weighted by Gasteiger charge is 2.36. The van der Waals surface area contributed by atoms with E-state index in [2.05, 4.69) is 9.72 Å². The lowest BCUT2D eigenvalue weighted by molar-refractivity contribution is -0.141. The maximum Gasteiger partial charge on any atom is 0.418 e. The monoisotopic (exact) mass is 298 g/mol. The quantitative estimate of drug-likeness (QED) is 0.683. The smallest absolute Gasteiger partial charge is 0.418 e. The van der Waals surface area contributed by atoms with Crippen LogP contribution < -0.4 is 5.73 Å². The molecule has 0 aliphatic carbocycles. The number of pyridine rings is 1. The van der Waals surface area contributed by atoms with E-state index in [-0.39, 0.29) is 0 Å². The molecular formula is C11H11F5N2O2. The van der Waals surface area contributed by atoms with Crippen LogP contribution in [0.5, 0.6) is 0 Å². The summed E-state index contributed by atoms with van der Waals surface area (Å²) in [5.74, 6) is -1.01. The van der Waals surface area contributed by atoms with Crippen molar-refractivity contribution < 1.29 is 31.5 Å². The maximum atomic E-state index is 12.8. The van der Waals surface area contributed by atoms with E-state index in [4.69, 9.17) is 5.73 Å². The Morgan fingerprint density at radius 2 is 2.05 bits per heavy atom. The second kappa shape index (κ2) is 6.12. The lowest BCUT2D eigenvalue weighted by atomic mass is 10.0. The van der Waals surface area contributed by atoms with Crippen molar-refractivity contribution in [2.24, 2.45) is 5.73 Å². The molecule has 1 aromatic heterocycles. The van der Waals surface area contributed by atoms with Crippen LogP contribution in [0.4, 0.5) is 22.0 Å². The van der Waals surface area contributed by atoms with Gasteiger partial charge in [0.1, 0.15) is 5.69 Å². The van der Waals surface area contributed by atoms with Crippen molar-refractivity contribution in [2.75, 3.05) is 7.11 Å². The Kier molecular flexibility index (Phi) is 4.98. The molecule has 112 valence electrons. The number of ether oxygens (including phenoxy) is 1. The van der Waals surface area contributed by atoms with E-state index < -0.39 is 54.1 Å². The van der Waals surface area contributed by atoms with Gasteiger partial charge in [0.15, 0.2) is 0 Å². The summed E-state index contributed by atoms with van der Waals surface area (Å²) >= 11 is 0. The van der Waals surface area contributed by atoms with E-state index in [0.717, 1.165) is 7.11 Å². The van der Waals surface area contributed by atoms with Gasteiger partial charge in [-0.1, -0.05) is 0 Å². The van der Waals surface area contributed by atoms with Crippen molar-refractivity contribution in [2.45, 2.75) is 25.6 Å². The van der Waals surface area contributed by atoms with Crippen molar-refractivity contribution >= 4 is 5.97 Å². The molecule has 0 unspecified atom stereocenters. The fraction of sp³-hybridized carbons (Fsp3) is 0.455. The minimum Gasteiger partial charge on any atom is -0.469 e. The Hall–Kier alpha value is -1.77. The molecule has 20 heavy (non-hydrogen) atoms. The van der Waals surface area contributed by atoms with Crippen LogP contribution in [0.1, 0.15) is 28.9 Å². The maximum absolute atomic E-state index is 12.8. The van der Waals surface area contributed by atoms with Gasteiger partial charge in [0.05, 0.1) is 24.8 Å². The van der Waals surface area contributed by atoms with Gasteiger partial charge in [-0.3, -0.25) is 9.78 Å². The summed E-state index contributed by atoms with van der Waals surface area (Å²) in [6.45, 7) is -0.520. The van der Waals surface area contributed by atoms with Crippen LogP contribution in [-0.2, 0) is 28.7 Å². The number of carbonyl (C=O) groups is 1. The van der Waals surface area contributed by atoms with Gasteiger partial charge in [0, 0.05) is 6.54 Å². The Morgan fingerprint density at radius 3 is 2.45 bits per heavy atom. The van der Waals surface area contributed by atoms with Crippen molar-refractivity contribution in [3.63, 3.8) is 0 Å². The average Bonchev–Trinajstić information content (AvgIpc) is 2.36. The van der Waals surface area contributed by atoms with Crippen LogP contribution >= 0.6 is 0 Å². The number of nitrogens with zero attached hydrogens (tertiary/aromatic N) is 1. The molecule has 0 bridgehead atoms. The molecule has 0 fully saturated rings. The van der Waals surface area contributed by atoms with Crippen molar-refractivity contribution in [1.82, 2.24) is 4.98 Å². The van der Waals surface area contributed by atoms with Gasteiger partial charge in [0.25, 0.3) is 6.43 Å². The van der Waals surface area contributed by atoms with Crippen LogP contribution in [0.15, 0.2) is 6.07 Å². The predicted octanol–water partition coefficient (Wildman–Crippen LogP) is 2.21. The van der Waals surface area contributed by atoms with Crippen LogP contribution in [0, 0.1) is 0 Å². The summed E-state index contributed by atoms with van der Waals surface area (Å²) in [6, 6.07) is 0.493. The summed E-state index contributed by atoms with van der Waals surface area (Å²) in [4.78, 5) is 14.3. The molecule has 1 aromatic rings. The first-order valence-corrected chi connectivity index (χ1v) is 5.35. The van der Waals surface area contributed by atoms with Gasteiger partial charge in [-0.25, -0.2) is 8.78 Å². The summed E-state index contributed by atoms with van der Waals surface area (Å²) in [5.41, 5.74) is 1.79. The van der Waals surface area contributed by atoms with Crippen LogP contribution in [0.25, 0.3) is 0 Å². The highest BCUT2D eigenvalue weighted by Crippen LogP contribution is 2.34. The van der Waals surface area contributed by atoms with E-state index in [1.165, 1.54) is 0 Å². The highest BCUT2D eigenvalue weighted by molar-refractivity contribution is 5.72. The van der Waals surface area contributed by atoms with Gasteiger partial charge >= 0.3 is 12.1 Å². The van der Waals surface area contributed by atoms with Crippen molar-refractivity contribution in [3.8, 4) is 0 Å². The molecule has 0 aliphatic rings. The molecule has 0 aliphatic heterocycles. The first kappa shape index (κ1) is 16.3. The number of nitrogens with two attached hydrogens (primary N) is 1. The Labute approximate surface area is 110 Å². The number of carbonyl (C=O) groups excluding carboxylic acids is 1. The minimum absolute atomic E-state index is 0.416. The van der Waals surface area contributed by atoms with Crippen LogP contribution in [-0.4, -0.2) is 18.1 Å². The van der Waals surface area contributed by atoms with Crippen molar-refractivity contribution in [3.05, 3.63) is 28.6 Å². The molecule has 0 amide bonds. The van der Waals surface area contributed by atoms with Crippen LogP contribution in [0.3, 0.4) is 0 Å². The summed E-state index contributed by atoms with van der Waals surface area (Å²) in [5, 5.41) is 0. The number of halogens is 5. The van der Waals surface area contributed by atoms with E-state index in [9.17, 15) is 26.7 Å². The normalized spacial score (nSPS) is 11.8. The topological polar surface area (TPSA) is 65.2 Å². The van der Waals surface area contributed by atoms with E-state index in [1.807, 2.05) is 0 Å². The zero-order valence-electron chi connectivity index (χ0n) is 10.3. The molecule has 9 heteroatoms. The lowest BCUT2D eigenvalue weighted by Crippen LogP contribution is -2.18. The highest BCUT2D eigenvalue weighted by atomic mass is 19.4.